The summed E-state index contributed by atoms with van der Waals surface area (Å²) in [6.07, 6.45) is 2.70. The minimum absolute atomic E-state index is 0.0248. The van der Waals surface area contributed by atoms with Crippen LogP contribution in [0.15, 0.2) is 17.1 Å². The summed E-state index contributed by atoms with van der Waals surface area (Å²) in [5.74, 6) is -2.39. The molecule has 2 saturated carbocycles. The number of rotatable bonds is 4. The number of hydrogen-bond donors (Lipinski definition) is 2. The van der Waals surface area contributed by atoms with Crippen LogP contribution < -0.4 is 10.3 Å². The summed E-state index contributed by atoms with van der Waals surface area (Å²) in [5.41, 5.74) is -1.54. The number of carboxylic acids is 1. The Morgan fingerprint density at radius 3 is 2.44 bits per heavy atom. The topological polar surface area (TPSA) is 82.8 Å². The van der Waals surface area contributed by atoms with Gasteiger partial charge in [-0.05, 0) is 36.7 Å². The molecule has 27 heavy (non-hydrogen) atoms. The van der Waals surface area contributed by atoms with Gasteiger partial charge in [0.1, 0.15) is 17.1 Å². The maximum absolute atomic E-state index is 15.4. The zero-order chi connectivity index (χ0) is 19.0. The van der Waals surface area contributed by atoms with Crippen molar-refractivity contribution in [2.24, 2.45) is 17.8 Å². The third-order valence-electron chi connectivity index (χ3n) is 6.25. The summed E-state index contributed by atoms with van der Waals surface area (Å²) < 4.78 is 31.7. The predicted octanol–water partition coefficient (Wildman–Crippen LogP) is 1.99. The number of piperidine rings is 1. The summed E-state index contributed by atoms with van der Waals surface area (Å²) in [5, 5.41) is 18.3. The first-order chi connectivity index (χ1) is 12.9. The zero-order valence-electron chi connectivity index (χ0n) is 14.4. The molecular weight excluding hydrogens is 358 g/mol. The summed E-state index contributed by atoms with van der Waals surface area (Å²) in [7, 11) is 0. The van der Waals surface area contributed by atoms with Gasteiger partial charge in [-0.15, -0.1) is 0 Å². The van der Waals surface area contributed by atoms with Crippen LogP contribution in [0.1, 0.15) is 29.2 Å². The predicted molar refractivity (Wildman–Crippen MR) is 93.1 cm³/mol. The number of hydrogen-bond acceptors (Lipinski definition) is 4. The molecule has 0 amide bonds. The number of aliphatic hydroxyl groups is 1. The molecule has 2 aliphatic carbocycles. The van der Waals surface area contributed by atoms with E-state index < -0.39 is 28.6 Å². The van der Waals surface area contributed by atoms with Gasteiger partial charge in [-0.25, -0.2) is 13.6 Å². The lowest BCUT2D eigenvalue weighted by molar-refractivity contribution is 0.0694. The number of anilines is 1. The molecule has 3 aliphatic rings. The lowest BCUT2D eigenvalue weighted by Crippen LogP contribution is -2.28. The third kappa shape index (κ3) is 2.32. The summed E-state index contributed by atoms with van der Waals surface area (Å²) in [6.45, 7) is 1.03. The molecule has 142 valence electrons. The van der Waals surface area contributed by atoms with Crippen molar-refractivity contribution in [1.29, 1.82) is 0 Å². The van der Waals surface area contributed by atoms with Crippen molar-refractivity contribution >= 4 is 22.6 Å². The zero-order valence-corrected chi connectivity index (χ0v) is 14.4. The maximum Gasteiger partial charge on any atom is 0.341 e. The van der Waals surface area contributed by atoms with E-state index in [0.29, 0.717) is 13.1 Å². The van der Waals surface area contributed by atoms with E-state index >= 15 is 4.39 Å². The van der Waals surface area contributed by atoms with E-state index in [4.69, 9.17) is 0 Å². The molecule has 0 bridgehead atoms. The SMILES string of the molecule is O=C(O)c1cn(C2CC2)c2c(F)c(N3CC4C(CO)C4C3)c(F)cc2c1=O. The Labute approximate surface area is 152 Å². The van der Waals surface area contributed by atoms with E-state index in [0.717, 1.165) is 18.9 Å². The van der Waals surface area contributed by atoms with Gasteiger partial charge in [0.05, 0.1) is 10.9 Å². The summed E-state index contributed by atoms with van der Waals surface area (Å²) in [4.78, 5) is 25.5. The van der Waals surface area contributed by atoms with Crippen LogP contribution in [0.2, 0.25) is 0 Å². The van der Waals surface area contributed by atoms with E-state index in [2.05, 4.69) is 0 Å². The van der Waals surface area contributed by atoms with Gasteiger partial charge >= 0.3 is 5.97 Å². The maximum atomic E-state index is 15.4. The normalized spacial score (nSPS) is 26.5. The highest BCUT2D eigenvalue weighted by atomic mass is 19.1. The minimum atomic E-state index is -1.41. The number of aromatic nitrogens is 1. The highest BCUT2D eigenvalue weighted by Gasteiger charge is 2.55. The smallest absolute Gasteiger partial charge is 0.341 e. The molecule has 1 aromatic heterocycles. The second kappa shape index (κ2) is 5.51. The van der Waals surface area contributed by atoms with E-state index in [9.17, 15) is 24.2 Å². The Kier molecular flexibility index (Phi) is 3.40. The van der Waals surface area contributed by atoms with Crippen LogP contribution in [0.5, 0.6) is 0 Å². The number of fused-ring (bicyclic) bond motifs is 2. The molecule has 2 unspecified atom stereocenters. The van der Waals surface area contributed by atoms with Crippen molar-refractivity contribution in [3.63, 3.8) is 0 Å². The Morgan fingerprint density at radius 2 is 1.89 bits per heavy atom. The molecule has 8 heteroatoms. The Bertz CT molecular complexity index is 1030. The molecule has 1 aromatic carbocycles. The van der Waals surface area contributed by atoms with E-state index in [1.807, 2.05) is 0 Å². The van der Waals surface area contributed by atoms with Gasteiger partial charge in [-0.1, -0.05) is 0 Å². The van der Waals surface area contributed by atoms with Crippen molar-refractivity contribution in [3.05, 3.63) is 39.7 Å². The molecule has 2 aromatic rings. The van der Waals surface area contributed by atoms with Gasteiger partial charge in [-0.3, -0.25) is 4.79 Å². The lowest BCUT2D eigenvalue weighted by Gasteiger charge is -2.24. The second-order valence-corrected chi connectivity index (χ2v) is 7.81. The number of pyridine rings is 1. The van der Waals surface area contributed by atoms with Crippen LogP contribution in [-0.2, 0) is 0 Å². The molecule has 2 heterocycles. The minimum Gasteiger partial charge on any atom is -0.477 e. The average Bonchev–Trinajstić information content (AvgIpc) is 3.53. The van der Waals surface area contributed by atoms with Gasteiger partial charge in [0.25, 0.3) is 0 Å². The molecule has 1 aliphatic heterocycles. The number of benzene rings is 1. The molecule has 2 atom stereocenters. The molecule has 2 N–H and O–H groups in total. The molecule has 5 rings (SSSR count). The van der Waals surface area contributed by atoms with Gasteiger partial charge in [0.15, 0.2) is 5.82 Å². The Hall–Kier alpha value is -2.48. The second-order valence-electron chi connectivity index (χ2n) is 7.81. The standard InChI is InChI=1S/C19H18F2N2O4/c20-14-3-9-16(23(8-1-2-8)6-12(18(9)25)19(26)27)15(21)17(14)22-4-10-11(5-22)13(10)7-24/h3,6,8,10-11,13,24H,1-2,4-5,7H2,(H,26,27). The van der Waals surface area contributed by atoms with Crippen molar-refractivity contribution in [1.82, 2.24) is 4.57 Å². The Morgan fingerprint density at radius 1 is 1.22 bits per heavy atom. The van der Waals surface area contributed by atoms with Crippen LogP contribution >= 0.6 is 0 Å². The molecule has 0 spiro atoms. The van der Waals surface area contributed by atoms with Crippen molar-refractivity contribution < 1.29 is 23.8 Å². The number of nitrogens with zero attached hydrogens (tertiary/aromatic N) is 2. The fourth-order valence-electron chi connectivity index (χ4n) is 4.62. The number of halogens is 2. The van der Waals surface area contributed by atoms with Crippen LogP contribution in [0, 0.1) is 29.4 Å². The fourth-order valence-corrected chi connectivity index (χ4v) is 4.62. The first-order valence-corrected chi connectivity index (χ1v) is 9.08. The van der Waals surface area contributed by atoms with Gasteiger partial charge < -0.3 is 19.7 Å². The molecule has 6 nitrogen and oxygen atoms in total. The fraction of sp³-hybridized carbons (Fsp3) is 0.474. The lowest BCUT2D eigenvalue weighted by atomic mass is 10.1. The highest BCUT2D eigenvalue weighted by molar-refractivity contribution is 5.94. The quantitative estimate of drug-likeness (QED) is 0.853. The molecule has 3 fully saturated rings. The monoisotopic (exact) mass is 376 g/mol. The van der Waals surface area contributed by atoms with Gasteiger partial charge in [0, 0.05) is 31.9 Å². The first kappa shape index (κ1) is 16.7. The third-order valence-corrected chi connectivity index (χ3v) is 6.25. The average molecular weight is 376 g/mol. The van der Waals surface area contributed by atoms with E-state index in [-0.39, 0.29) is 47.0 Å². The number of aromatic carboxylic acids is 1. The van der Waals surface area contributed by atoms with Crippen LogP contribution in [0.25, 0.3) is 10.9 Å². The van der Waals surface area contributed by atoms with Crippen LogP contribution in [0.4, 0.5) is 14.5 Å². The van der Waals surface area contributed by atoms with Crippen LogP contribution in [-0.4, -0.2) is 40.4 Å². The van der Waals surface area contributed by atoms with E-state index in [1.54, 1.807) is 4.90 Å². The molecule has 1 saturated heterocycles. The largest absolute Gasteiger partial charge is 0.477 e. The summed E-state index contributed by atoms with van der Waals surface area (Å²) >= 11 is 0. The number of carboxylic acid groups (broad SMARTS) is 1. The van der Waals surface area contributed by atoms with E-state index in [1.165, 1.54) is 10.8 Å². The molecule has 0 radical (unpaired) electrons. The molecular formula is C19H18F2N2O4. The first-order valence-electron chi connectivity index (χ1n) is 9.08. The van der Waals surface area contributed by atoms with Gasteiger partial charge in [0.2, 0.25) is 5.43 Å². The van der Waals surface area contributed by atoms with Crippen molar-refractivity contribution in [2.75, 3.05) is 24.6 Å². The number of aliphatic hydroxyl groups excluding tert-OH is 1. The highest BCUT2D eigenvalue weighted by Crippen LogP contribution is 2.53. The summed E-state index contributed by atoms with van der Waals surface area (Å²) in [6, 6.07) is 0.888. The number of carbonyl (C=O) groups is 1. The Balaban J connectivity index is 1.69. The van der Waals surface area contributed by atoms with Crippen molar-refractivity contribution in [2.45, 2.75) is 18.9 Å². The van der Waals surface area contributed by atoms with Gasteiger partial charge in [-0.2, -0.15) is 0 Å². The van der Waals surface area contributed by atoms with Crippen molar-refractivity contribution in [3.8, 4) is 0 Å². The van der Waals surface area contributed by atoms with Crippen LogP contribution in [0.3, 0.4) is 0 Å².